The zero-order valence-corrected chi connectivity index (χ0v) is 21.3. The highest BCUT2D eigenvalue weighted by atomic mass is 35.5. The van der Waals surface area contributed by atoms with Crippen LogP contribution in [0, 0.1) is 0 Å². The van der Waals surface area contributed by atoms with Crippen molar-refractivity contribution in [1.82, 2.24) is 15.1 Å². The third-order valence-corrected chi connectivity index (χ3v) is 7.85. The number of rotatable bonds is 6. The van der Waals surface area contributed by atoms with Gasteiger partial charge in [0.2, 0.25) is 11.8 Å². The van der Waals surface area contributed by atoms with E-state index in [-0.39, 0.29) is 11.8 Å². The van der Waals surface area contributed by atoms with Crippen LogP contribution in [0.3, 0.4) is 0 Å². The molecule has 1 N–H and O–H groups in total. The number of carbonyl (C=O) groups excluding carboxylic acids is 2. The summed E-state index contributed by atoms with van der Waals surface area (Å²) in [6.45, 7) is 2.97. The van der Waals surface area contributed by atoms with Gasteiger partial charge in [0, 0.05) is 42.6 Å². The average Bonchev–Trinajstić information content (AvgIpc) is 3.65. The van der Waals surface area contributed by atoms with Crippen molar-refractivity contribution in [3.63, 3.8) is 0 Å². The van der Waals surface area contributed by atoms with Crippen LogP contribution in [-0.2, 0) is 21.4 Å². The first-order chi connectivity index (χ1) is 16.9. The molecule has 0 spiro atoms. The van der Waals surface area contributed by atoms with Crippen molar-refractivity contribution >= 4 is 45.8 Å². The number of nitrogens with one attached hydrogen (secondary N) is 1. The highest BCUT2D eigenvalue weighted by molar-refractivity contribution is 6.35. The number of nitrogens with zero attached hydrogens (tertiary/aromatic N) is 2. The molecule has 7 heteroatoms. The van der Waals surface area contributed by atoms with Gasteiger partial charge in [0.1, 0.15) is 6.04 Å². The van der Waals surface area contributed by atoms with E-state index in [9.17, 15) is 9.59 Å². The fourth-order valence-corrected chi connectivity index (χ4v) is 5.56. The van der Waals surface area contributed by atoms with Crippen molar-refractivity contribution < 1.29 is 9.59 Å². The Morgan fingerprint density at radius 2 is 1.66 bits per heavy atom. The van der Waals surface area contributed by atoms with Crippen LogP contribution in [0.2, 0.25) is 10.0 Å². The molecule has 1 saturated heterocycles. The Morgan fingerprint density at radius 3 is 2.34 bits per heavy atom. The molecular formula is C28H29Cl2N3O2. The maximum Gasteiger partial charge on any atom is 0.245 e. The van der Waals surface area contributed by atoms with Crippen molar-refractivity contribution in [3.8, 4) is 0 Å². The van der Waals surface area contributed by atoms with Gasteiger partial charge < -0.3 is 15.1 Å². The largest absolute Gasteiger partial charge is 0.343 e. The number of halogens is 2. The van der Waals surface area contributed by atoms with Gasteiger partial charge in [-0.15, -0.1) is 0 Å². The van der Waals surface area contributed by atoms with Crippen LogP contribution in [0.4, 0.5) is 0 Å². The minimum absolute atomic E-state index is 0.0300. The number of piperazine rings is 1. The van der Waals surface area contributed by atoms with Gasteiger partial charge in [-0.25, -0.2) is 0 Å². The highest BCUT2D eigenvalue weighted by Crippen LogP contribution is 2.51. The van der Waals surface area contributed by atoms with Gasteiger partial charge in [-0.05, 0) is 53.9 Å². The summed E-state index contributed by atoms with van der Waals surface area (Å²) in [5.41, 5.74) is 1.09. The molecule has 35 heavy (non-hydrogen) atoms. The number of benzene rings is 3. The topological polar surface area (TPSA) is 52.6 Å². The molecule has 1 aliphatic carbocycles. The molecule has 5 rings (SSSR count). The van der Waals surface area contributed by atoms with Crippen molar-refractivity contribution in [2.75, 3.05) is 33.2 Å². The van der Waals surface area contributed by atoms with Gasteiger partial charge in [-0.2, -0.15) is 0 Å². The van der Waals surface area contributed by atoms with Crippen molar-refractivity contribution in [2.45, 2.75) is 30.7 Å². The third-order valence-electron chi connectivity index (χ3n) is 7.30. The van der Waals surface area contributed by atoms with Crippen LogP contribution in [0.15, 0.2) is 60.7 Å². The first-order valence-corrected chi connectivity index (χ1v) is 12.8. The Bertz CT molecular complexity index is 1270. The lowest BCUT2D eigenvalue weighted by atomic mass is 9.93. The molecule has 1 heterocycles. The highest BCUT2D eigenvalue weighted by Gasteiger charge is 2.53. The van der Waals surface area contributed by atoms with Gasteiger partial charge in [0.05, 0.1) is 5.41 Å². The Hall–Kier alpha value is -2.60. The second kappa shape index (κ2) is 9.81. The summed E-state index contributed by atoms with van der Waals surface area (Å²) in [5.74, 6) is -0.174. The third kappa shape index (κ3) is 5.04. The SMILES string of the molecule is CN1CCN(C(=O)[C@@H](Cc2ccc3ccccc3c2)NC(=O)C2(c3ccc(Cl)cc3Cl)CC2)CC1. The molecule has 3 aromatic rings. The molecule has 0 bridgehead atoms. The summed E-state index contributed by atoms with van der Waals surface area (Å²) in [4.78, 5) is 31.4. The summed E-state index contributed by atoms with van der Waals surface area (Å²) in [6.07, 6.45) is 1.84. The molecule has 0 aromatic heterocycles. The molecule has 1 aliphatic heterocycles. The van der Waals surface area contributed by atoms with E-state index in [1.54, 1.807) is 12.1 Å². The Morgan fingerprint density at radius 1 is 0.943 bits per heavy atom. The summed E-state index contributed by atoms with van der Waals surface area (Å²) in [5, 5.41) is 6.42. The molecule has 2 fully saturated rings. The van der Waals surface area contributed by atoms with E-state index in [0.29, 0.717) is 42.4 Å². The molecule has 1 saturated carbocycles. The van der Waals surface area contributed by atoms with Crippen LogP contribution < -0.4 is 5.32 Å². The monoisotopic (exact) mass is 509 g/mol. The van der Waals surface area contributed by atoms with Crippen LogP contribution in [0.1, 0.15) is 24.0 Å². The Kier molecular flexibility index (Phi) is 6.75. The fourth-order valence-electron chi connectivity index (χ4n) is 4.97. The molecule has 182 valence electrons. The van der Waals surface area contributed by atoms with Gasteiger partial charge in [0.15, 0.2) is 0 Å². The van der Waals surface area contributed by atoms with Crippen LogP contribution in [-0.4, -0.2) is 60.9 Å². The zero-order chi connectivity index (χ0) is 24.6. The smallest absolute Gasteiger partial charge is 0.245 e. The summed E-state index contributed by atoms with van der Waals surface area (Å²) in [6, 6.07) is 19.0. The quantitative estimate of drug-likeness (QED) is 0.524. The average molecular weight is 510 g/mol. The van der Waals surface area contributed by atoms with E-state index in [4.69, 9.17) is 23.2 Å². The number of likely N-dealkylation sites (N-methyl/N-ethyl adjacent to an activating group) is 1. The minimum atomic E-state index is -0.703. The van der Waals surface area contributed by atoms with Gasteiger partial charge in [-0.1, -0.05) is 71.7 Å². The molecule has 0 unspecified atom stereocenters. The maximum atomic E-state index is 13.7. The zero-order valence-electron chi connectivity index (χ0n) is 19.8. The number of amides is 2. The van der Waals surface area contributed by atoms with Gasteiger partial charge in [0.25, 0.3) is 0 Å². The normalized spacial score (nSPS) is 18.3. The van der Waals surface area contributed by atoms with Crippen molar-refractivity contribution in [1.29, 1.82) is 0 Å². The lowest BCUT2D eigenvalue weighted by Crippen LogP contribution is -2.56. The second-order valence-corrected chi connectivity index (χ2v) is 10.6. The molecule has 5 nitrogen and oxygen atoms in total. The van der Waals surface area contributed by atoms with Crippen LogP contribution >= 0.6 is 23.2 Å². The van der Waals surface area contributed by atoms with Crippen molar-refractivity contribution in [3.05, 3.63) is 81.8 Å². The lowest BCUT2D eigenvalue weighted by molar-refractivity contribution is -0.138. The molecule has 3 aromatic carbocycles. The predicted octanol–water partition coefficient (Wildman–Crippen LogP) is 4.68. The van der Waals surface area contributed by atoms with E-state index in [2.05, 4.69) is 41.5 Å². The molecule has 0 radical (unpaired) electrons. The number of hydrogen-bond acceptors (Lipinski definition) is 3. The standard InChI is InChI=1S/C28H29Cl2N3O2/c1-32-12-14-33(15-13-32)26(34)25(17-19-6-7-20-4-2-3-5-21(20)16-19)31-27(35)28(10-11-28)23-9-8-22(29)18-24(23)30/h2-9,16,18,25H,10-15,17H2,1H3,(H,31,35)/t25-/m1/s1. The van der Waals surface area contributed by atoms with E-state index in [1.807, 2.05) is 29.2 Å². The Balaban J connectivity index is 1.41. The maximum absolute atomic E-state index is 13.7. The summed E-state index contributed by atoms with van der Waals surface area (Å²) >= 11 is 12.6. The van der Waals surface area contributed by atoms with Crippen LogP contribution in [0.5, 0.6) is 0 Å². The number of fused-ring (bicyclic) bond motifs is 1. The molecule has 2 amide bonds. The van der Waals surface area contributed by atoms with E-state index < -0.39 is 11.5 Å². The minimum Gasteiger partial charge on any atom is -0.343 e. The van der Waals surface area contributed by atoms with E-state index in [1.165, 1.54) is 0 Å². The van der Waals surface area contributed by atoms with Crippen molar-refractivity contribution in [2.24, 2.45) is 0 Å². The first kappa shape index (κ1) is 24.1. The number of carbonyl (C=O) groups is 2. The Labute approximate surface area is 216 Å². The lowest BCUT2D eigenvalue weighted by Gasteiger charge is -2.35. The van der Waals surface area contributed by atoms with Gasteiger partial charge >= 0.3 is 0 Å². The van der Waals surface area contributed by atoms with Gasteiger partial charge in [-0.3, -0.25) is 9.59 Å². The number of hydrogen-bond donors (Lipinski definition) is 1. The first-order valence-electron chi connectivity index (χ1n) is 12.1. The van der Waals surface area contributed by atoms with E-state index >= 15 is 0 Å². The molecule has 1 atom stereocenters. The second-order valence-electron chi connectivity index (χ2n) is 9.75. The molecular weight excluding hydrogens is 481 g/mol. The van der Waals surface area contributed by atoms with Crippen LogP contribution in [0.25, 0.3) is 10.8 Å². The summed E-state index contributed by atoms with van der Waals surface area (Å²) < 4.78 is 0. The fraction of sp³-hybridized carbons (Fsp3) is 0.357. The molecule has 2 aliphatic rings. The predicted molar refractivity (Wildman–Crippen MR) is 141 cm³/mol. The van der Waals surface area contributed by atoms with E-state index in [0.717, 1.165) is 35.0 Å². The summed E-state index contributed by atoms with van der Waals surface area (Å²) in [7, 11) is 2.06.